The van der Waals surface area contributed by atoms with E-state index in [1.165, 1.54) is 12.8 Å². The third-order valence-electron chi connectivity index (χ3n) is 7.07. The van der Waals surface area contributed by atoms with Crippen molar-refractivity contribution in [3.63, 3.8) is 0 Å². The molecular weight excluding hydrogens is 380 g/mol. The highest BCUT2D eigenvalue weighted by Crippen LogP contribution is 2.52. The Kier molecular flexibility index (Phi) is 5.01. The van der Waals surface area contributed by atoms with Crippen LogP contribution >= 0.6 is 0 Å². The van der Waals surface area contributed by atoms with Crippen molar-refractivity contribution in [3.8, 4) is 0 Å². The summed E-state index contributed by atoms with van der Waals surface area (Å²) in [4.78, 5) is 32.6. The second-order valence-electron chi connectivity index (χ2n) is 9.10. The molecule has 0 unspecified atom stereocenters. The van der Waals surface area contributed by atoms with E-state index in [2.05, 4.69) is 15.6 Å². The van der Waals surface area contributed by atoms with Gasteiger partial charge < -0.3 is 20.3 Å². The molecule has 2 bridgehead atoms. The minimum Gasteiger partial charge on any atom is -0.370 e. The molecule has 0 radical (unpaired) electrons. The van der Waals surface area contributed by atoms with Gasteiger partial charge in [-0.15, -0.1) is 0 Å². The van der Waals surface area contributed by atoms with Gasteiger partial charge in [0.25, 0.3) is 0 Å². The smallest absolute Gasteiger partial charge is 0.230 e. The zero-order chi connectivity index (χ0) is 20.7. The molecule has 4 heterocycles. The van der Waals surface area contributed by atoms with E-state index in [-0.39, 0.29) is 23.8 Å². The van der Waals surface area contributed by atoms with Crippen molar-refractivity contribution in [2.45, 2.75) is 56.8 Å². The normalized spacial score (nSPS) is 32.1. The second kappa shape index (κ2) is 7.69. The molecule has 1 saturated carbocycles. The van der Waals surface area contributed by atoms with E-state index in [4.69, 9.17) is 4.74 Å². The summed E-state index contributed by atoms with van der Waals surface area (Å²) in [5.41, 5.74) is 0.533. The Balaban J connectivity index is 1.15. The van der Waals surface area contributed by atoms with Gasteiger partial charge in [-0.2, -0.15) is 0 Å². The van der Waals surface area contributed by atoms with E-state index in [9.17, 15) is 9.59 Å². The summed E-state index contributed by atoms with van der Waals surface area (Å²) in [5, 5.41) is 6.30. The van der Waals surface area contributed by atoms with Gasteiger partial charge in [0.05, 0.1) is 24.5 Å². The van der Waals surface area contributed by atoms with Crippen LogP contribution in [0.5, 0.6) is 0 Å². The number of aryl methyl sites for hydroxylation is 1. The van der Waals surface area contributed by atoms with Crippen molar-refractivity contribution in [2.24, 2.45) is 11.8 Å². The molecular formula is C23H30N4O3. The Hall–Kier alpha value is -2.41. The molecule has 160 valence electrons. The number of ether oxygens (including phenoxy) is 1. The first kappa shape index (κ1) is 19.5. The van der Waals surface area contributed by atoms with Crippen LogP contribution in [0.3, 0.4) is 0 Å². The SMILES string of the molecule is Cc1ccc(NCCCNC(=O)[C@H]2[C@@H]3C=C[C@@]4(CN(C5CCCC5)C(=O)[C@@H]24)O3)nc1. The molecule has 2 N–H and O–H groups in total. The van der Waals surface area contributed by atoms with E-state index in [0.29, 0.717) is 19.1 Å². The van der Waals surface area contributed by atoms with Gasteiger partial charge in [0.15, 0.2) is 0 Å². The first-order chi connectivity index (χ1) is 14.6. The molecule has 4 atom stereocenters. The highest BCUT2D eigenvalue weighted by Gasteiger charge is 2.67. The van der Waals surface area contributed by atoms with Crippen LogP contribution in [0.25, 0.3) is 0 Å². The molecule has 5 rings (SSSR count). The van der Waals surface area contributed by atoms with Crippen molar-refractivity contribution in [1.29, 1.82) is 0 Å². The summed E-state index contributed by atoms with van der Waals surface area (Å²) in [6.45, 7) is 3.89. The molecule has 1 aliphatic carbocycles. The average molecular weight is 411 g/mol. The minimum atomic E-state index is -0.592. The van der Waals surface area contributed by atoms with E-state index in [1.54, 1.807) is 0 Å². The molecule has 1 aromatic heterocycles. The van der Waals surface area contributed by atoms with Crippen molar-refractivity contribution in [3.05, 3.63) is 36.0 Å². The second-order valence-corrected chi connectivity index (χ2v) is 9.10. The first-order valence-electron chi connectivity index (χ1n) is 11.2. The molecule has 7 heteroatoms. The zero-order valence-corrected chi connectivity index (χ0v) is 17.5. The number of likely N-dealkylation sites (tertiary alicyclic amines) is 1. The Morgan fingerprint density at radius 3 is 2.90 bits per heavy atom. The standard InChI is InChI=1S/C23H30N4O3/c1-15-7-8-18(26-13-15)24-11-4-12-25-21(28)19-17-9-10-23(30-17)14-27(22(29)20(19)23)16-5-2-3-6-16/h7-10,13,16-17,19-20H,2-6,11-12,14H2,1H3,(H,24,26)(H,25,28)/t17-,19-,20+,23-/m0/s1. The summed E-state index contributed by atoms with van der Waals surface area (Å²) >= 11 is 0. The highest BCUT2D eigenvalue weighted by molar-refractivity contribution is 5.93. The van der Waals surface area contributed by atoms with Gasteiger partial charge >= 0.3 is 0 Å². The number of carbonyl (C=O) groups is 2. The topological polar surface area (TPSA) is 83.6 Å². The van der Waals surface area contributed by atoms with Gasteiger partial charge in [0.1, 0.15) is 11.4 Å². The van der Waals surface area contributed by atoms with Crippen LogP contribution in [0.15, 0.2) is 30.5 Å². The van der Waals surface area contributed by atoms with Gasteiger partial charge in [-0.25, -0.2) is 4.98 Å². The summed E-state index contributed by atoms with van der Waals surface area (Å²) in [5.74, 6) is 0.0972. The molecule has 1 spiro atoms. The number of hydrogen-bond acceptors (Lipinski definition) is 5. The van der Waals surface area contributed by atoms with Crippen LogP contribution < -0.4 is 10.6 Å². The Bertz CT molecular complexity index is 849. The monoisotopic (exact) mass is 410 g/mol. The van der Waals surface area contributed by atoms with Gasteiger partial charge in [-0.05, 0) is 37.8 Å². The molecule has 0 aromatic carbocycles. The van der Waals surface area contributed by atoms with E-state index >= 15 is 0 Å². The molecule has 30 heavy (non-hydrogen) atoms. The minimum absolute atomic E-state index is 0.0636. The predicted octanol–water partition coefficient (Wildman–Crippen LogP) is 2.03. The van der Waals surface area contributed by atoms with Crippen LogP contribution in [0, 0.1) is 18.8 Å². The summed E-state index contributed by atoms with van der Waals surface area (Å²) in [6.07, 6.45) is 10.9. The van der Waals surface area contributed by atoms with Crippen molar-refractivity contribution < 1.29 is 14.3 Å². The fourth-order valence-electron chi connectivity index (χ4n) is 5.56. The lowest BCUT2D eigenvalue weighted by atomic mass is 9.77. The zero-order valence-electron chi connectivity index (χ0n) is 17.5. The lowest BCUT2D eigenvalue weighted by molar-refractivity contribution is -0.138. The van der Waals surface area contributed by atoms with E-state index in [0.717, 1.165) is 37.2 Å². The molecule has 3 aliphatic heterocycles. The van der Waals surface area contributed by atoms with Crippen LogP contribution in [0.4, 0.5) is 5.82 Å². The number of carbonyl (C=O) groups excluding carboxylic acids is 2. The highest BCUT2D eigenvalue weighted by atomic mass is 16.5. The van der Waals surface area contributed by atoms with Crippen LogP contribution in [0.2, 0.25) is 0 Å². The predicted molar refractivity (Wildman–Crippen MR) is 113 cm³/mol. The first-order valence-corrected chi connectivity index (χ1v) is 11.2. The number of hydrogen-bond donors (Lipinski definition) is 2. The van der Waals surface area contributed by atoms with Crippen molar-refractivity contribution in [1.82, 2.24) is 15.2 Å². The fraction of sp³-hybridized carbons (Fsp3) is 0.609. The number of nitrogens with one attached hydrogen (secondary N) is 2. The summed E-state index contributed by atoms with van der Waals surface area (Å²) in [6, 6.07) is 4.29. The maximum Gasteiger partial charge on any atom is 0.230 e. The molecule has 3 fully saturated rings. The Morgan fingerprint density at radius 1 is 1.30 bits per heavy atom. The number of anilines is 1. The van der Waals surface area contributed by atoms with Crippen molar-refractivity contribution >= 4 is 17.6 Å². The lowest BCUT2D eigenvalue weighted by Crippen LogP contribution is -2.45. The van der Waals surface area contributed by atoms with Gasteiger partial charge in [0.2, 0.25) is 11.8 Å². The van der Waals surface area contributed by atoms with E-state index < -0.39 is 11.5 Å². The molecule has 7 nitrogen and oxygen atoms in total. The molecule has 4 aliphatic rings. The van der Waals surface area contributed by atoms with Gasteiger partial charge in [-0.1, -0.05) is 31.1 Å². The van der Waals surface area contributed by atoms with Gasteiger partial charge in [0, 0.05) is 25.3 Å². The summed E-state index contributed by atoms with van der Waals surface area (Å²) < 4.78 is 6.22. The quantitative estimate of drug-likeness (QED) is 0.531. The maximum atomic E-state index is 13.2. The number of nitrogens with zero attached hydrogens (tertiary/aromatic N) is 2. The fourth-order valence-corrected chi connectivity index (χ4v) is 5.56. The largest absolute Gasteiger partial charge is 0.370 e. The lowest BCUT2D eigenvalue weighted by Gasteiger charge is -2.27. The van der Waals surface area contributed by atoms with Crippen LogP contribution in [-0.4, -0.2) is 59.1 Å². The molecule has 1 aromatic rings. The number of fused-ring (bicyclic) bond motifs is 1. The van der Waals surface area contributed by atoms with Gasteiger partial charge in [-0.3, -0.25) is 9.59 Å². The molecule has 2 amide bonds. The van der Waals surface area contributed by atoms with Crippen molar-refractivity contribution in [2.75, 3.05) is 25.0 Å². The number of pyridine rings is 1. The average Bonchev–Trinajstić information content (AvgIpc) is 3.51. The number of aromatic nitrogens is 1. The summed E-state index contributed by atoms with van der Waals surface area (Å²) in [7, 11) is 0. The van der Waals surface area contributed by atoms with Crippen LogP contribution in [0.1, 0.15) is 37.7 Å². The maximum absolute atomic E-state index is 13.2. The third kappa shape index (κ3) is 3.29. The van der Waals surface area contributed by atoms with E-state index in [1.807, 2.05) is 42.3 Å². The molecule has 2 saturated heterocycles. The Morgan fingerprint density at radius 2 is 2.13 bits per heavy atom. The van der Waals surface area contributed by atoms with Crippen LogP contribution in [-0.2, 0) is 14.3 Å². The number of rotatable bonds is 7. The number of amides is 2. The Labute approximate surface area is 177 Å². The third-order valence-corrected chi connectivity index (χ3v) is 7.07.